The smallest absolute Gasteiger partial charge is 0.163 e. The molecule has 20 heavy (non-hydrogen) atoms. The SMILES string of the molecule is Cc1cccc(-c2nc(NN)c3ccccc3n2)c1Cl. The van der Waals surface area contributed by atoms with Gasteiger partial charge in [0, 0.05) is 10.9 Å². The molecule has 0 radical (unpaired) electrons. The molecule has 100 valence electrons. The lowest BCUT2D eigenvalue weighted by Crippen LogP contribution is -2.10. The van der Waals surface area contributed by atoms with Crippen molar-refractivity contribution in [3.8, 4) is 11.4 Å². The van der Waals surface area contributed by atoms with E-state index in [0.29, 0.717) is 16.7 Å². The summed E-state index contributed by atoms with van der Waals surface area (Å²) < 4.78 is 0. The van der Waals surface area contributed by atoms with Crippen molar-refractivity contribution in [3.63, 3.8) is 0 Å². The van der Waals surface area contributed by atoms with E-state index in [4.69, 9.17) is 17.4 Å². The van der Waals surface area contributed by atoms with Gasteiger partial charge in [-0.25, -0.2) is 15.8 Å². The third kappa shape index (κ3) is 2.09. The summed E-state index contributed by atoms with van der Waals surface area (Å²) in [4.78, 5) is 9.02. The molecular formula is C15H13ClN4. The molecule has 1 aromatic heterocycles. The molecule has 0 fully saturated rings. The van der Waals surface area contributed by atoms with Gasteiger partial charge in [-0.1, -0.05) is 35.9 Å². The first-order valence-electron chi connectivity index (χ1n) is 6.19. The molecule has 0 spiro atoms. The molecule has 2 aromatic carbocycles. The Hall–Kier alpha value is -2.17. The highest BCUT2D eigenvalue weighted by atomic mass is 35.5. The highest BCUT2D eigenvalue weighted by Gasteiger charge is 2.12. The first-order valence-corrected chi connectivity index (χ1v) is 6.57. The quantitative estimate of drug-likeness (QED) is 0.558. The van der Waals surface area contributed by atoms with Crippen molar-refractivity contribution in [1.82, 2.24) is 9.97 Å². The van der Waals surface area contributed by atoms with Crippen molar-refractivity contribution in [1.29, 1.82) is 0 Å². The van der Waals surface area contributed by atoms with Gasteiger partial charge in [-0.2, -0.15) is 0 Å². The Morgan fingerprint density at radius 1 is 1.05 bits per heavy atom. The maximum absolute atomic E-state index is 6.34. The molecule has 0 amide bonds. The minimum atomic E-state index is 0.561. The number of rotatable bonds is 2. The zero-order valence-corrected chi connectivity index (χ0v) is 11.6. The average Bonchev–Trinajstić information content (AvgIpc) is 2.49. The van der Waals surface area contributed by atoms with Crippen molar-refractivity contribution in [2.45, 2.75) is 6.92 Å². The Morgan fingerprint density at radius 3 is 2.65 bits per heavy atom. The average molecular weight is 285 g/mol. The van der Waals surface area contributed by atoms with Gasteiger partial charge in [-0.3, -0.25) is 0 Å². The van der Waals surface area contributed by atoms with E-state index >= 15 is 0 Å². The van der Waals surface area contributed by atoms with Crippen LogP contribution < -0.4 is 11.3 Å². The lowest BCUT2D eigenvalue weighted by atomic mass is 10.1. The molecule has 3 N–H and O–H groups in total. The fourth-order valence-corrected chi connectivity index (χ4v) is 2.34. The Balaban J connectivity index is 2.29. The molecule has 0 atom stereocenters. The number of hydrogen-bond donors (Lipinski definition) is 2. The van der Waals surface area contributed by atoms with Crippen LogP contribution in [-0.2, 0) is 0 Å². The Morgan fingerprint density at radius 2 is 1.85 bits per heavy atom. The summed E-state index contributed by atoms with van der Waals surface area (Å²) in [6.07, 6.45) is 0. The van der Waals surface area contributed by atoms with Crippen molar-refractivity contribution < 1.29 is 0 Å². The maximum Gasteiger partial charge on any atom is 0.163 e. The molecule has 3 aromatic rings. The van der Waals surface area contributed by atoms with Crippen LogP contribution in [0.3, 0.4) is 0 Å². The standard InChI is InChI=1S/C15H13ClN4/c1-9-5-4-7-11(13(9)16)14-18-12-8-3-2-6-10(12)15(19-14)20-17/h2-8H,17H2,1H3,(H,18,19,20). The molecule has 5 heteroatoms. The molecule has 3 rings (SSSR count). The second-order valence-electron chi connectivity index (χ2n) is 4.49. The van der Waals surface area contributed by atoms with Gasteiger partial charge >= 0.3 is 0 Å². The number of halogens is 1. The summed E-state index contributed by atoms with van der Waals surface area (Å²) in [5, 5.41) is 1.54. The van der Waals surface area contributed by atoms with Crippen LogP contribution in [0, 0.1) is 6.92 Å². The number of nitrogen functional groups attached to an aromatic ring is 1. The molecule has 1 heterocycles. The van der Waals surface area contributed by atoms with Gasteiger partial charge in [-0.05, 0) is 30.7 Å². The molecule has 0 unspecified atom stereocenters. The first kappa shape index (κ1) is 12.8. The van der Waals surface area contributed by atoms with Crippen LogP contribution in [-0.4, -0.2) is 9.97 Å². The van der Waals surface area contributed by atoms with Crippen LogP contribution in [0.15, 0.2) is 42.5 Å². The summed E-state index contributed by atoms with van der Waals surface area (Å²) in [6, 6.07) is 13.5. The van der Waals surface area contributed by atoms with Gasteiger partial charge in [0.25, 0.3) is 0 Å². The normalized spacial score (nSPS) is 10.8. The fraction of sp³-hybridized carbons (Fsp3) is 0.0667. The van der Waals surface area contributed by atoms with Crippen LogP contribution >= 0.6 is 11.6 Å². The maximum atomic E-state index is 6.34. The second-order valence-corrected chi connectivity index (χ2v) is 4.87. The highest BCUT2D eigenvalue weighted by Crippen LogP contribution is 2.30. The van der Waals surface area contributed by atoms with Gasteiger partial charge in [0.05, 0.1) is 10.5 Å². The van der Waals surface area contributed by atoms with Gasteiger partial charge in [-0.15, -0.1) is 0 Å². The van der Waals surface area contributed by atoms with Crippen LogP contribution in [0.4, 0.5) is 5.82 Å². The number of aromatic nitrogens is 2. The van der Waals surface area contributed by atoms with E-state index in [-0.39, 0.29) is 0 Å². The van der Waals surface area contributed by atoms with Crippen molar-refractivity contribution in [2.75, 3.05) is 5.43 Å². The number of nitrogens with two attached hydrogens (primary N) is 1. The molecule has 0 aliphatic rings. The van der Waals surface area contributed by atoms with E-state index in [1.165, 1.54) is 0 Å². The van der Waals surface area contributed by atoms with E-state index in [1.54, 1.807) is 0 Å². The number of para-hydroxylation sites is 1. The van der Waals surface area contributed by atoms with Crippen molar-refractivity contribution in [3.05, 3.63) is 53.1 Å². The second kappa shape index (κ2) is 5.07. The molecule has 0 aliphatic heterocycles. The van der Waals surface area contributed by atoms with Crippen LogP contribution in [0.1, 0.15) is 5.56 Å². The number of hydrazine groups is 1. The first-order chi connectivity index (χ1) is 9.70. The Kier molecular flexibility index (Phi) is 3.26. The Labute approximate surface area is 121 Å². The minimum Gasteiger partial charge on any atom is -0.308 e. The number of benzene rings is 2. The highest BCUT2D eigenvalue weighted by molar-refractivity contribution is 6.34. The van der Waals surface area contributed by atoms with E-state index in [2.05, 4.69) is 15.4 Å². The van der Waals surface area contributed by atoms with E-state index in [1.807, 2.05) is 49.4 Å². The number of nitrogens with zero attached hydrogens (tertiary/aromatic N) is 2. The monoisotopic (exact) mass is 284 g/mol. The van der Waals surface area contributed by atoms with E-state index < -0.39 is 0 Å². The zero-order chi connectivity index (χ0) is 14.1. The molecular weight excluding hydrogens is 272 g/mol. The predicted octanol–water partition coefficient (Wildman–Crippen LogP) is 3.54. The number of hydrogen-bond acceptors (Lipinski definition) is 4. The van der Waals surface area contributed by atoms with E-state index in [9.17, 15) is 0 Å². The summed E-state index contributed by atoms with van der Waals surface area (Å²) in [7, 11) is 0. The molecule has 0 aliphatic carbocycles. The zero-order valence-electron chi connectivity index (χ0n) is 10.9. The number of anilines is 1. The fourth-order valence-electron chi connectivity index (χ4n) is 2.13. The van der Waals surface area contributed by atoms with Gasteiger partial charge in [0.1, 0.15) is 0 Å². The van der Waals surface area contributed by atoms with Crippen molar-refractivity contribution in [2.24, 2.45) is 5.84 Å². The summed E-state index contributed by atoms with van der Waals surface area (Å²) in [5.74, 6) is 6.70. The minimum absolute atomic E-state index is 0.561. The lowest BCUT2D eigenvalue weighted by molar-refractivity contribution is 1.18. The van der Waals surface area contributed by atoms with Gasteiger partial charge < -0.3 is 5.43 Å². The number of nitrogens with one attached hydrogen (secondary N) is 1. The summed E-state index contributed by atoms with van der Waals surface area (Å²) in [5.41, 5.74) is 5.23. The van der Waals surface area contributed by atoms with Gasteiger partial charge in [0.15, 0.2) is 11.6 Å². The Bertz CT molecular complexity index is 786. The third-order valence-corrected chi connectivity index (χ3v) is 3.67. The van der Waals surface area contributed by atoms with Gasteiger partial charge in [0.2, 0.25) is 0 Å². The van der Waals surface area contributed by atoms with Crippen molar-refractivity contribution >= 4 is 28.3 Å². The van der Waals surface area contributed by atoms with Crippen LogP contribution in [0.2, 0.25) is 5.02 Å². The third-order valence-electron chi connectivity index (χ3n) is 3.17. The van der Waals surface area contributed by atoms with Crippen LogP contribution in [0.5, 0.6) is 0 Å². The summed E-state index contributed by atoms with van der Waals surface area (Å²) in [6.45, 7) is 1.95. The molecule has 0 saturated carbocycles. The number of aryl methyl sites for hydroxylation is 1. The molecule has 4 nitrogen and oxygen atoms in total. The lowest BCUT2D eigenvalue weighted by Gasteiger charge is -2.10. The largest absolute Gasteiger partial charge is 0.308 e. The summed E-state index contributed by atoms with van der Waals surface area (Å²) >= 11 is 6.34. The predicted molar refractivity (Wildman–Crippen MR) is 82.5 cm³/mol. The number of fused-ring (bicyclic) bond motifs is 1. The molecule has 0 saturated heterocycles. The topological polar surface area (TPSA) is 63.8 Å². The molecule has 0 bridgehead atoms. The van der Waals surface area contributed by atoms with Crippen LogP contribution in [0.25, 0.3) is 22.3 Å². The van der Waals surface area contributed by atoms with E-state index in [0.717, 1.165) is 22.0 Å².